The van der Waals surface area contributed by atoms with E-state index in [0.717, 1.165) is 5.56 Å². The highest BCUT2D eigenvalue weighted by atomic mass is 35.5. The third-order valence-electron chi connectivity index (χ3n) is 3.94. The number of halogens is 2. The standard InChI is InChI=1S/C17H17Cl2NO3S/c18-14-7-5-13(6-8-14)12-24(21,22)20-9-10-23-17(11-20)15-3-1-2-4-16(15)19/h1-8,17H,9-12H2. The highest BCUT2D eigenvalue weighted by Crippen LogP contribution is 2.29. The Labute approximate surface area is 152 Å². The fourth-order valence-corrected chi connectivity index (χ4v) is 4.58. The lowest BCUT2D eigenvalue weighted by atomic mass is 10.1. The van der Waals surface area contributed by atoms with Crippen LogP contribution in [0.5, 0.6) is 0 Å². The molecule has 0 bridgehead atoms. The number of morpholine rings is 1. The minimum Gasteiger partial charge on any atom is -0.371 e. The van der Waals surface area contributed by atoms with Gasteiger partial charge in [-0.2, -0.15) is 4.31 Å². The molecular weight excluding hydrogens is 369 g/mol. The predicted molar refractivity (Wildman–Crippen MR) is 95.8 cm³/mol. The summed E-state index contributed by atoms with van der Waals surface area (Å²) < 4.78 is 32.6. The topological polar surface area (TPSA) is 46.6 Å². The number of sulfonamides is 1. The Morgan fingerprint density at radius 3 is 2.50 bits per heavy atom. The summed E-state index contributed by atoms with van der Waals surface area (Å²) in [6.45, 7) is 0.951. The summed E-state index contributed by atoms with van der Waals surface area (Å²) in [6.07, 6.45) is -0.354. The van der Waals surface area contributed by atoms with Gasteiger partial charge in [0.15, 0.2) is 0 Å². The van der Waals surface area contributed by atoms with Gasteiger partial charge in [-0.15, -0.1) is 0 Å². The lowest BCUT2D eigenvalue weighted by Crippen LogP contribution is -2.42. The van der Waals surface area contributed by atoms with Crippen molar-refractivity contribution in [2.75, 3.05) is 19.7 Å². The summed E-state index contributed by atoms with van der Waals surface area (Å²) in [5, 5.41) is 1.17. The van der Waals surface area contributed by atoms with Crippen LogP contribution in [0.3, 0.4) is 0 Å². The quantitative estimate of drug-likeness (QED) is 0.801. The summed E-state index contributed by atoms with van der Waals surface area (Å²) >= 11 is 12.0. The summed E-state index contributed by atoms with van der Waals surface area (Å²) in [5.41, 5.74) is 1.52. The van der Waals surface area contributed by atoms with E-state index >= 15 is 0 Å². The monoisotopic (exact) mass is 385 g/mol. The van der Waals surface area contributed by atoms with Gasteiger partial charge in [-0.1, -0.05) is 53.5 Å². The molecule has 1 atom stereocenters. The number of rotatable bonds is 4. The Kier molecular flexibility index (Phi) is 5.47. The number of benzene rings is 2. The van der Waals surface area contributed by atoms with Crippen molar-refractivity contribution in [1.29, 1.82) is 0 Å². The summed E-state index contributed by atoms with van der Waals surface area (Å²) in [5.74, 6) is -0.0561. The van der Waals surface area contributed by atoms with Crippen molar-refractivity contribution in [3.05, 3.63) is 69.7 Å². The van der Waals surface area contributed by atoms with Gasteiger partial charge in [-0.05, 0) is 23.8 Å². The van der Waals surface area contributed by atoms with Crippen LogP contribution in [0.25, 0.3) is 0 Å². The second-order valence-electron chi connectivity index (χ2n) is 5.62. The summed E-state index contributed by atoms with van der Waals surface area (Å²) in [4.78, 5) is 0. The van der Waals surface area contributed by atoms with Crippen LogP contribution in [0.15, 0.2) is 48.5 Å². The van der Waals surface area contributed by atoms with Crippen molar-refractivity contribution >= 4 is 33.2 Å². The van der Waals surface area contributed by atoms with E-state index in [9.17, 15) is 8.42 Å². The molecule has 1 heterocycles. The van der Waals surface area contributed by atoms with E-state index in [1.165, 1.54) is 4.31 Å². The molecule has 128 valence electrons. The van der Waals surface area contributed by atoms with E-state index in [0.29, 0.717) is 28.8 Å². The van der Waals surface area contributed by atoms with Gasteiger partial charge in [0.1, 0.15) is 0 Å². The Balaban J connectivity index is 1.76. The van der Waals surface area contributed by atoms with Crippen LogP contribution in [0.2, 0.25) is 10.0 Å². The first-order valence-corrected chi connectivity index (χ1v) is 9.90. The minimum atomic E-state index is -3.44. The first kappa shape index (κ1) is 17.7. The van der Waals surface area contributed by atoms with Crippen LogP contribution in [0.4, 0.5) is 0 Å². The largest absolute Gasteiger partial charge is 0.371 e. The maximum atomic E-state index is 12.7. The molecular formula is C17H17Cl2NO3S. The van der Waals surface area contributed by atoms with Crippen LogP contribution < -0.4 is 0 Å². The van der Waals surface area contributed by atoms with Crippen LogP contribution in [0, 0.1) is 0 Å². The van der Waals surface area contributed by atoms with E-state index in [4.69, 9.17) is 27.9 Å². The lowest BCUT2D eigenvalue weighted by molar-refractivity contribution is -0.00254. The van der Waals surface area contributed by atoms with Crippen LogP contribution >= 0.6 is 23.2 Å². The van der Waals surface area contributed by atoms with E-state index in [1.54, 1.807) is 30.3 Å². The maximum absolute atomic E-state index is 12.7. The van der Waals surface area contributed by atoms with Gasteiger partial charge < -0.3 is 4.74 Å². The molecule has 7 heteroatoms. The normalized spacial score (nSPS) is 19.3. The zero-order valence-electron chi connectivity index (χ0n) is 12.9. The molecule has 1 unspecified atom stereocenters. The molecule has 0 radical (unpaired) electrons. The van der Waals surface area contributed by atoms with Crippen LogP contribution in [0.1, 0.15) is 17.2 Å². The van der Waals surface area contributed by atoms with Gasteiger partial charge in [-0.3, -0.25) is 0 Å². The minimum absolute atomic E-state index is 0.0561. The molecule has 2 aromatic rings. The molecule has 0 saturated carbocycles. The zero-order valence-corrected chi connectivity index (χ0v) is 15.2. The van der Waals surface area contributed by atoms with Crippen molar-refractivity contribution in [3.8, 4) is 0 Å². The molecule has 0 amide bonds. The molecule has 24 heavy (non-hydrogen) atoms. The van der Waals surface area contributed by atoms with Crippen molar-refractivity contribution in [1.82, 2.24) is 4.31 Å². The predicted octanol–water partition coefficient (Wildman–Crippen LogP) is 3.90. The van der Waals surface area contributed by atoms with Gasteiger partial charge >= 0.3 is 0 Å². The number of hydrogen-bond donors (Lipinski definition) is 0. The molecule has 0 N–H and O–H groups in total. The third kappa shape index (κ3) is 4.10. The molecule has 1 saturated heterocycles. The van der Waals surface area contributed by atoms with Gasteiger partial charge in [-0.25, -0.2) is 8.42 Å². The number of hydrogen-bond acceptors (Lipinski definition) is 3. The van der Waals surface area contributed by atoms with Crippen LogP contribution in [-0.4, -0.2) is 32.4 Å². The number of ether oxygens (including phenoxy) is 1. The number of nitrogens with zero attached hydrogens (tertiary/aromatic N) is 1. The second kappa shape index (κ2) is 7.42. The fraction of sp³-hybridized carbons (Fsp3) is 0.294. The molecule has 0 aromatic heterocycles. The SMILES string of the molecule is O=S(=O)(Cc1ccc(Cl)cc1)N1CCOC(c2ccccc2Cl)C1. The molecule has 0 aliphatic carbocycles. The highest BCUT2D eigenvalue weighted by Gasteiger charge is 2.31. The summed E-state index contributed by atoms with van der Waals surface area (Å²) in [7, 11) is -3.44. The molecule has 3 rings (SSSR count). The molecule has 1 aliphatic rings. The molecule has 2 aromatic carbocycles. The molecule has 4 nitrogen and oxygen atoms in total. The van der Waals surface area contributed by atoms with E-state index in [1.807, 2.05) is 18.2 Å². The maximum Gasteiger partial charge on any atom is 0.218 e. The van der Waals surface area contributed by atoms with Crippen molar-refractivity contribution in [2.24, 2.45) is 0 Å². The van der Waals surface area contributed by atoms with Gasteiger partial charge in [0.25, 0.3) is 0 Å². The van der Waals surface area contributed by atoms with Crippen LogP contribution in [-0.2, 0) is 20.5 Å². The average Bonchev–Trinajstić information content (AvgIpc) is 2.57. The molecule has 0 spiro atoms. The summed E-state index contributed by atoms with van der Waals surface area (Å²) in [6, 6.07) is 14.2. The average molecular weight is 386 g/mol. The zero-order chi connectivity index (χ0) is 17.2. The Morgan fingerprint density at radius 1 is 1.08 bits per heavy atom. The van der Waals surface area contributed by atoms with Crippen molar-refractivity contribution < 1.29 is 13.2 Å². The van der Waals surface area contributed by atoms with Crippen molar-refractivity contribution in [3.63, 3.8) is 0 Å². The Bertz CT molecular complexity index is 809. The lowest BCUT2D eigenvalue weighted by Gasteiger charge is -2.32. The van der Waals surface area contributed by atoms with Gasteiger partial charge in [0.2, 0.25) is 10.0 Å². The Morgan fingerprint density at radius 2 is 1.79 bits per heavy atom. The van der Waals surface area contributed by atoms with Gasteiger partial charge in [0, 0.05) is 28.7 Å². The van der Waals surface area contributed by atoms with E-state index < -0.39 is 10.0 Å². The first-order valence-electron chi connectivity index (χ1n) is 7.54. The van der Waals surface area contributed by atoms with Gasteiger partial charge in [0.05, 0.1) is 18.5 Å². The smallest absolute Gasteiger partial charge is 0.218 e. The molecule has 1 aliphatic heterocycles. The second-order valence-corrected chi connectivity index (χ2v) is 8.43. The van der Waals surface area contributed by atoms with E-state index in [-0.39, 0.29) is 18.4 Å². The highest BCUT2D eigenvalue weighted by molar-refractivity contribution is 7.88. The first-order chi connectivity index (χ1) is 11.5. The fourth-order valence-electron chi connectivity index (χ4n) is 2.69. The third-order valence-corrected chi connectivity index (χ3v) is 6.35. The van der Waals surface area contributed by atoms with E-state index in [2.05, 4.69) is 0 Å². The van der Waals surface area contributed by atoms with Crippen molar-refractivity contribution in [2.45, 2.75) is 11.9 Å². The Hall–Kier alpha value is -1.11. The molecule has 1 fully saturated rings.